The summed E-state index contributed by atoms with van der Waals surface area (Å²) in [6.45, 7) is 0. The molecule has 0 aliphatic heterocycles. The molecule has 21 heavy (non-hydrogen) atoms. The molecule has 1 amide bonds. The maximum atomic E-state index is 12.1. The van der Waals surface area contributed by atoms with Crippen LogP contribution in [0.2, 0.25) is 0 Å². The first-order chi connectivity index (χ1) is 9.95. The Morgan fingerprint density at radius 2 is 1.95 bits per heavy atom. The number of aliphatic carboxylic acids is 2. The minimum Gasteiger partial charge on any atom is -0.481 e. The molecule has 0 saturated heterocycles. The van der Waals surface area contributed by atoms with E-state index in [1.807, 2.05) is 6.07 Å². The third kappa shape index (κ3) is 5.16. The number of carbonyl (C=O) groups is 3. The van der Waals surface area contributed by atoms with Gasteiger partial charge >= 0.3 is 11.9 Å². The van der Waals surface area contributed by atoms with Crippen molar-refractivity contribution < 1.29 is 24.6 Å². The number of carboxylic acid groups (broad SMARTS) is 2. The number of carboxylic acids is 2. The van der Waals surface area contributed by atoms with Crippen LogP contribution in [-0.2, 0) is 9.59 Å². The molecule has 0 saturated carbocycles. The number of nitrogens with one attached hydrogen (secondary N) is 1. The predicted octanol–water partition coefficient (Wildman–Crippen LogP) is 0.960. The van der Waals surface area contributed by atoms with E-state index in [4.69, 9.17) is 15.5 Å². The lowest BCUT2D eigenvalue weighted by Crippen LogP contribution is -2.42. The van der Waals surface area contributed by atoms with Crippen LogP contribution in [0.5, 0.6) is 0 Å². The van der Waals surface area contributed by atoms with Gasteiger partial charge in [-0.25, -0.2) is 4.79 Å². The maximum Gasteiger partial charge on any atom is 0.326 e. The van der Waals surface area contributed by atoms with Crippen LogP contribution in [0.1, 0.15) is 16.8 Å². The summed E-state index contributed by atoms with van der Waals surface area (Å²) in [6.07, 6.45) is -0.714. The molecule has 0 aliphatic rings. The minimum absolute atomic E-state index is 0.141. The van der Waals surface area contributed by atoms with E-state index in [1.54, 1.807) is 18.2 Å². The largest absolute Gasteiger partial charge is 0.481 e. The van der Waals surface area contributed by atoms with Crippen molar-refractivity contribution in [2.24, 2.45) is 0 Å². The molecule has 1 atom stereocenters. The van der Waals surface area contributed by atoms with Crippen LogP contribution in [0.15, 0.2) is 29.2 Å². The van der Waals surface area contributed by atoms with Crippen molar-refractivity contribution in [3.8, 4) is 6.07 Å². The zero-order valence-electron chi connectivity index (χ0n) is 10.8. The van der Waals surface area contributed by atoms with Crippen LogP contribution in [0, 0.1) is 11.3 Å². The van der Waals surface area contributed by atoms with E-state index < -0.39 is 30.3 Å². The average Bonchev–Trinajstić information content (AvgIpc) is 2.44. The van der Waals surface area contributed by atoms with Gasteiger partial charge in [0.05, 0.1) is 23.8 Å². The van der Waals surface area contributed by atoms with Gasteiger partial charge in [-0.1, -0.05) is 12.1 Å². The highest BCUT2D eigenvalue weighted by atomic mass is 32.2. The van der Waals surface area contributed by atoms with Gasteiger partial charge in [-0.05, 0) is 12.1 Å². The van der Waals surface area contributed by atoms with Gasteiger partial charge in [0.15, 0.2) is 0 Å². The van der Waals surface area contributed by atoms with E-state index in [1.165, 1.54) is 6.07 Å². The molecule has 0 spiro atoms. The Kier molecular flexibility index (Phi) is 6.23. The molecular weight excluding hydrogens is 296 g/mol. The average molecular weight is 308 g/mol. The second kappa shape index (κ2) is 7.91. The Bertz CT molecular complexity index is 596. The molecule has 3 N–H and O–H groups in total. The zero-order chi connectivity index (χ0) is 15.8. The summed E-state index contributed by atoms with van der Waals surface area (Å²) < 4.78 is 0. The number of benzene rings is 1. The first kappa shape index (κ1) is 16.5. The second-order valence-electron chi connectivity index (χ2n) is 3.91. The van der Waals surface area contributed by atoms with Crippen LogP contribution in [0.4, 0.5) is 0 Å². The van der Waals surface area contributed by atoms with Gasteiger partial charge in [-0.15, -0.1) is 11.8 Å². The molecule has 0 heterocycles. The molecule has 0 aromatic heterocycles. The van der Waals surface area contributed by atoms with Crippen molar-refractivity contribution in [1.82, 2.24) is 5.32 Å². The number of nitriles is 1. The summed E-state index contributed by atoms with van der Waals surface area (Å²) in [5.74, 6) is -3.30. The van der Waals surface area contributed by atoms with E-state index in [9.17, 15) is 14.4 Å². The first-order valence-electron chi connectivity index (χ1n) is 5.80. The van der Waals surface area contributed by atoms with Gasteiger partial charge in [0, 0.05) is 4.90 Å². The fraction of sp³-hybridized carbons (Fsp3) is 0.231. The maximum absolute atomic E-state index is 12.1. The Morgan fingerprint density at radius 1 is 1.29 bits per heavy atom. The van der Waals surface area contributed by atoms with Crippen molar-refractivity contribution in [3.63, 3.8) is 0 Å². The van der Waals surface area contributed by atoms with Gasteiger partial charge < -0.3 is 15.5 Å². The van der Waals surface area contributed by atoms with Gasteiger partial charge in [0.25, 0.3) is 5.91 Å². The molecule has 110 valence electrons. The Balaban J connectivity index is 2.90. The van der Waals surface area contributed by atoms with Crippen LogP contribution in [0.3, 0.4) is 0 Å². The molecule has 1 aromatic carbocycles. The highest BCUT2D eigenvalue weighted by Crippen LogP contribution is 2.22. The predicted molar refractivity (Wildman–Crippen MR) is 73.9 cm³/mol. The van der Waals surface area contributed by atoms with Crippen LogP contribution >= 0.6 is 11.8 Å². The fourth-order valence-corrected chi connectivity index (χ4v) is 2.21. The fourth-order valence-electron chi connectivity index (χ4n) is 1.50. The summed E-state index contributed by atoms with van der Waals surface area (Å²) in [5.41, 5.74) is 0.203. The van der Waals surface area contributed by atoms with Crippen molar-refractivity contribution in [2.45, 2.75) is 17.4 Å². The van der Waals surface area contributed by atoms with E-state index in [0.29, 0.717) is 4.90 Å². The topological polar surface area (TPSA) is 127 Å². The molecule has 0 bridgehead atoms. The molecule has 0 aliphatic carbocycles. The van der Waals surface area contributed by atoms with Gasteiger partial charge in [-0.2, -0.15) is 5.26 Å². The molecule has 7 nitrogen and oxygen atoms in total. The smallest absolute Gasteiger partial charge is 0.326 e. The number of hydrogen-bond donors (Lipinski definition) is 3. The third-order valence-corrected chi connectivity index (χ3v) is 3.35. The Hall–Kier alpha value is -2.53. The lowest BCUT2D eigenvalue weighted by molar-refractivity contribution is -0.145. The standard InChI is InChI=1S/C13H12N2O5S/c14-5-6-21-10-4-2-1-3-8(10)12(18)15-9(13(19)20)7-11(16)17/h1-4,9H,6-7H2,(H,15,18)(H,16,17)(H,19,20)/t9-/m0/s1. The third-order valence-electron chi connectivity index (χ3n) is 2.41. The van der Waals surface area contributed by atoms with E-state index in [2.05, 4.69) is 5.32 Å². The summed E-state index contributed by atoms with van der Waals surface area (Å²) in [7, 11) is 0. The van der Waals surface area contributed by atoms with Gasteiger partial charge in [0.1, 0.15) is 6.04 Å². The first-order valence-corrected chi connectivity index (χ1v) is 6.78. The highest BCUT2D eigenvalue weighted by molar-refractivity contribution is 7.99. The van der Waals surface area contributed by atoms with Crippen molar-refractivity contribution in [1.29, 1.82) is 5.26 Å². The summed E-state index contributed by atoms with van der Waals surface area (Å²) in [4.78, 5) is 34.1. The van der Waals surface area contributed by atoms with E-state index >= 15 is 0 Å². The van der Waals surface area contributed by atoms with Gasteiger partial charge in [0.2, 0.25) is 0 Å². The quantitative estimate of drug-likeness (QED) is 0.640. The Labute approximate surface area is 124 Å². The molecule has 0 unspecified atom stereocenters. The normalized spacial score (nSPS) is 11.2. The van der Waals surface area contributed by atoms with Crippen molar-refractivity contribution >= 4 is 29.6 Å². The second-order valence-corrected chi connectivity index (χ2v) is 4.92. The zero-order valence-corrected chi connectivity index (χ0v) is 11.6. The molecule has 1 aromatic rings. The minimum atomic E-state index is -1.51. The number of nitrogens with zero attached hydrogens (tertiary/aromatic N) is 1. The molecule has 0 radical (unpaired) electrons. The van der Waals surface area contributed by atoms with Crippen molar-refractivity contribution in [2.75, 3.05) is 5.75 Å². The SMILES string of the molecule is N#CCSc1ccccc1C(=O)N[C@@H](CC(=O)O)C(=O)O. The molecule has 1 rings (SSSR count). The molecule has 8 heteroatoms. The van der Waals surface area contributed by atoms with Crippen LogP contribution in [0.25, 0.3) is 0 Å². The van der Waals surface area contributed by atoms with Crippen LogP contribution in [-0.4, -0.2) is 39.9 Å². The molecular formula is C13H12N2O5S. The number of carbonyl (C=O) groups excluding carboxylic acids is 1. The number of thioether (sulfide) groups is 1. The summed E-state index contributed by atoms with van der Waals surface area (Å²) in [5, 5.41) is 28.3. The number of rotatable bonds is 7. The summed E-state index contributed by atoms with van der Waals surface area (Å²) in [6, 6.07) is 6.80. The van der Waals surface area contributed by atoms with Crippen molar-refractivity contribution in [3.05, 3.63) is 29.8 Å². The monoisotopic (exact) mass is 308 g/mol. The lowest BCUT2D eigenvalue weighted by atomic mass is 10.1. The molecule has 0 fully saturated rings. The summed E-state index contributed by atoms with van der Waals surface area (Å²) >= 11 is 1.14. The van der Waals surface area contributed by atoms with E-state index in [0.717, 1.165) is 11.8 Å². The Morgan fingerprint density at radius 3 is 2.52 bits per heavy atom. The number of hydrogen-bond acceptors (Lipinski definition) is 5. The van der Waals surface area contributed by atoms with Crippen LogP contribution < -0.4 is 5.32 Å². The van der Waals surface area contributed by atoms with E-state index in [-0.39, 0.29) is 11.3 Å². The van der Waals surface area contributed by atoms with Gasteiger partial charge in [-0.3, -0.25) is 9.59 Å². The lowest BCUT2D eigenvalue weighted by Gasteiger charge is -2.14. The number of amides is 1. The highest BCUT2D eigenvalue weighted by Gasteiger charge is 2.24.